The SMILES string of the molecule is COc1cc(Cl)c(C)cc1NC(=O)c1cc(S(=O)(=O)N2CCCC2)cn1C. The molecule has 0 bridgehead atoms. The Bertz CT molecular complexity index is 979. The molecule has 3 rings (SSSR count). The molecule has 2 heterocycles. The molecular formula is C18H22ClN3O4S. The van der Waals surface area contributed by atoms with Crippen molar-refractivity contribution in [2.24, 2.45) is 7.05 Å². The lowest BCUT2D eigenvalue weighted by molar-refractivity contribution is 0.101. The fraction of sp³-hybridized carbons (Fsp3) is 0.389. The highest BCUT2D eigenvalue weighted by atomic mass is 35.5. The first-order valence-electron chi connectivity index (χ1n) is 8.56. The summed E-state index contributed by atoms with van der Waals surface area (Å²) in [4.78, 5) is 12.9. The number of nitrogens with one attached hydrogen (secondary N) is 1. The largest absolute Gasteiger partial charge is 0.495 e. The van der Waals surface area contributed by atoms with E-state index in [1.807, 2.05) is 6.92 Å². The van der Waals surface area contributed by atoms with E-state index in [1.165, 1.54) is 28.2 Å². The Balaban J connectivity index is 1.88. The van der Waals surface area contributed by atoms with E-state index in [-0.39, 0.29) is 10.6 Å². The first-order chi connectivity index (χ1) is 12.7. The minimum atomic E-state index is -3.58. The van der Waals surface area contributed by atoms with Crippen molar-refractivity contribution >= 4 is 33.2 Å². The lowest BCUT2D eigenvalue weighted by atomic mass is 10.2. The molecule has 1 fully saturated rings. The molecule has 1 amide bonds. The van der Waals surface area contributed by atoms with Gasteiger partial charge in [-0.05, 0) is 37.5 Å². The number of sulfonamides is 1. The zero-order chi connectivity index (χ0) is 19.8. The summed E-state index contributed by atoms with van der Waals surface area (Å²) >= 11 is 6.09. The highest BCUT2D eigenvalue weighted by molar-refractivity contribution is 7.89. The molecule has 0 aliphatic carbocycles. The molecule has 1 aliphatic heterocycles. The van der Waals surface area contributed by atoms with Crippen LogP contribution in [-0.2, 0) is 17.1 Å². The van der Waals surface area contributed by atoms with E-state index in [9.17, 15) is 13.2 Å². The van der Waals surface area contributed by atoms with E-state index in [4.69, 9.17) is 16.3 Å². The van der Waals surface area contributed by atoms with Gasteiger partial charge in [-0.3, -0.25) is 4.79 Å². The van der Waals surface area contributed by atoms with Gasteiger partial charge in [-0.25, -0.2) is 8.42 Å². The maximum Gasteiger partial charge on any atom is 0.272 e. The Morgan fingerprint density at radius 3 is 2.52 bits per heavy atom. The van der Waals surface area contributed by atoms with Gasteiger partial charge < -0.3 is 14.6 Å². The van der Waals surface area contributed by atoms with E-state index < -0.39 is 15.9 Å². The second kappa shape index (κ2) is 7.53. The smallest absolute Gasteiger partial charge is 0.272 e. The molecule has 2 aromatic rings. The number of ether oxygens (including phenoxy) is 1. The Morgan fingerprint density at radius 2 is 1.89 bits per heavy atom. The molecule has 1 N–H and O–H groups in total. The molecule has 0 spiro atoms. The van der Waals surface area contributed by atoms with Gasteiger partial charge in [0.1, 0.15) is 16.3 Å². The number of carbonyl (C=O) groups is 1. The summed E-state index contributed by atoms with van der Waals surface area (Å²) in [6.45, 7) is 2.85. The summed E-state index contributed by atoms with van der Waals surface area (Å²) in [5, 5.41) is 3.30. The number of benzene rings is 1. The van der Waals surface area contributed by atoms with E-state index in [0.29, 0.717) is 29.5 Å². The van der Waals surface area contributed by atoms with Crippen LogP contribution in [0, 0.1) is 6.92 Å². The third kappa shape index (κ3) is 3.83. The lowest BCUT2D eigenvalue weighted by Crippen LogP contribution is -2.27. The number of anilines is 1. The van der Waals surface area contributed by atoms with Gasteiger partial charge in [0.05, 0.1) is 12.8 Å². The van der Waals surface area contributed by atoms with Crippen molar-refractivity contribution in [2.75, 3.05) is 25.5 Å². The minimum absolute atomic E-state index is 0.122. The highest BCUT2D eigenvalue weighted by Gasteiger charge is 2.29. The van der Waals surface area contributed by atoms with Gasteiger partial charge in [-0.2, -0.15) is 4.31 Å². The molecule has 146 valence electrons. The molecule has 27 heavy (non-hydrogen) atoms. The van der Waals surface area contributed by atoms with E-state index in [2.05, 4.69) is 5.32 Å². The molecule has 9 heteroatoms. The zero-order valence-electron chi connectivity index (χ0n) is 15.5. The number of aryl methyl sites for hydroxylation is 2. The molecule has 7 nitrogen and oxygen atoms in total. The van der Waals surface area contributed by atoms with Crippen LogP contribution in [-0.4, -0.2) is 43.4 Å². The van der Waals surface area contributed by atoms with Gasteiger partial charge in [0, 0.05) is 37.4 Å². The average molecular weight is 412 g/mol. The lowest BCUT2D eigenvalue weighted by Gasteiger charge is -2.13. The van der Waals surface area contributed by atoms with Crippen LogP contribution in [0.2, 0.25) is 5.02 Å². The van der Waals surface area contributed by atoms with Crippen LogP contribution >= 0.6 is 11.6 Å². The number of amides is 1. The molecule has 0 saturated carbocycles. The van der Waals surface area contributed by atoms with Crippen LogP contribution in [0.3, 0.4) is 0 Å². The standard InChI is InChI=1S/C18H22ClN3O4S/c1-12-8-15(17(26-3)10-14(12)19)20-18(23)16-9-13(11-21(16)2)27(24,25)22-6-4-5-7-22/h8-11H,4-7H2,1-3H3,(H,20,23). The number of aromatic nitrogens is 1. The van der Waals surface area contributed by atoms with Gasteiger partial charge >= 0.3 is 0 Å². The Morgan fingerprint density at radius 1 is 1.22 bits per heavy atom. The van der Waals surface area contributed by atoms with Crippen LogP contribution in [0.15, 0.2) is 29.3 Å². The molecule has 1 aromatic carbocycles. The number of rotatable bonds is 5. The number of methoxy groups -OCH3 is 1. The zero-order valence-corrected chi connectivity index (χ0v) is 17.0. The predicted molar refractivity (Wildman–Crippen MR) is 104 cm³/mol. The first-order valence-corrected chi connectivity index (χ1v) is 10.4. The second-order valence-electron chi connectivity index (χ2n) is 6.54. The third-order valence-corrected chi connectivity index (χ3v) is 6.92. The Kier molecular flexibility index (Phi) is 5.50. The van der Waals surface area contributed by atoms with Crippen LogP contribution in [0.25, 0.3) is 0 Å². The van der Waals surface area contributed by atoms with Crippen molar-refractivity contribution in [2.45, 2.75) is 24.7 Å². The fourth-order valence-corrected chi connectivity index (χ4v) is 4.84. The third-order valence-electron chi connectivity index (χ3n) is 4.64. The quantitative estimate of drug-likeness (QED) is 0.819. The first kappa shape index (κ1) is 19.7. The number of carbonyl (C=O) groups excluding carboxylic acids is 1. The summed E-state index contributed by atoms with van der Waals surface area (Å²) in [7, 11) is -0.454. The number of halogens is 1. The summed E-state index contributed by atoms with van der Waals surface area (Å²) in [5.74, 6) is -0.00142. The predicted octanol–water partition coefficient (Wildman–Crippen LogP) is 3.03. The van der Waals surface area contributed by atoms with Crippen molar-refractivity contribution in [3.05, 3.63) is 40.7 Å². The normalized spacial score (nSPS) is 15.1. The van der Waals surface area contributed by atoms with Gasteiger partial charge in [0.25, 0.3) is 5.91 Å². The van der Waals surface area contributed by atoms with Crippen molar-refractivity contribution in [1.29, 1.82) is 0 Å². The number of nitrogens with zero attached hydrogens (tertiary/aromatic N) is 2. The maximum atomic E-state index is 12.7. The topological polar surface area (TPSA) is 80.6 Å². The molecule has 1 aliphatic rings. The van der Waals surface area contributed by atoms with Crippen molar-refractivity contribution in [3.8, 4) is 5.75 Å². The summed E-state index contributed by atoms with van der Waals surface area (Å²) < 4.78 is 33.6. The van der Waals surface area contributed by atoms with Crippen LogP contribution in [0.5, 0.6) is 5.75 Å². The number of hydrogen-bond acceptors (Lipinski definition) is 4. The van der Waals surface area contributed by atoms with Gasteiger partial charge in [0.2, 0.25) is 10.0 Å². The van der Waals surface area contributed by atoms with Gasteiger partial charge in [0.15, 0.2) is 0 Å². The molecule has 1 aromatic heterocycles. The number of hydrogen-bond donors (Lipinski definition) is 1. The summed E-state index contributed by atoms with van der Waals surface area (Å²) in [6, 6.07) is 4.74. The van der Waals surface area contributed by atoms with Crippen LogP contribution in [0.1, 0.15) is 28.9 Å². The van der Waals surface area contributed by atoms with Crippen LogP contribution < -0.4 is 10.1 Å². The van der Waals surface area contributed by atoms with Gasteiger partial charge in [-0.15, -0.1) is 0 Å². The Hall–Kier alpha value is -2.03. The van der Waals surface area contributed by atoms with E-state index >= 15 is 0 Å². The Labute approximate surface area is 163 Å². The highest BCUT2D eigenvalue weighted by Crippen LogP contribution is 2.31. The molecule has 0 atom stereocenters. The van der Waals surface area contributed by atoms with Crippen LogP contribution in [0.4, 0.5) is 5.69 Å². The molecular weight excluding hydrogens is 390 g/mol. The monoisotopic (exact) mass is 411 g/mol. The van der Waals surface area contributed by atoms with E-state index in [1.54, 1.807) is 19.2 Å². The minimum Gasteiger partial charge on any atom is -0.495 e. The molecule has 0 radical (unpaired) electrons. The van der Waals surface area contributed by atoms with Gasteiger partial charge in [-0.1, -0.05) is 11.6 Å². The van der Waals surface area contributed by atoms with Crippen molar-refractivity contribution in [3.63, 3.8) is 0 Å². The summed E-state index contributed by atoms with van der Waals surface area (Å²) in [6.07, 6.45) is 3.18. The molecule has 0 unspecified atom stereocenters. The fourth-order valence-electron chi connectivity index (χ4n) is 3.09. The second-order valence-corrected chi connectivity index (χ2v) is 8.88. The van der Waals surface area contributed by atoms with Crippen molar-refractivity contribution in [1.82, 2.24) is 8.87 Å². The van der Waals surface area contributed by atoms with Crippen molar-refractivity contribution < 1.29 is 17.9 Å². The van der Waals surface area contributed by atoms with E-state index in [0.717, 1.165) is 18.4 Å². The summed E-state index contributed by atoms with van der Waals surface area (Å²) in [5.41, 5.74) is 1.49. The molecule has 1 saturated heterocycles. The average Bonchev–Trinajstić information content (AvgIpc) is 3.28. The maximum absolute atomic E-state index is 12.7.